The largest absolute Gasteiger partial charge is 0.370 e. The van der Waals surface area contributed by atoms with Gasteiger partial charge in [-0.1, -0.05) is 37.3 Å². The van der Waals surface area contributed by atoms with Crippen LogP contribution in [0.5, 0.6) is 0 Å². The molecule has 0 radical (unpaired) electrons. The zero-order chi connectivity index (χ0) is 32.5. The summed E-state index contributed by atoms with van der Waals surface area (Å²) in [5.41, 5.74) is 14.8. The molecule has 0 saturated heterocycles. The van der Waals surface area contributed by atoms with Crippen LogP contribution >= 0.6 is 0 Å². The number of benzene rings is 1. The van der Waals surface area contributed by atoms with E-state index in [1.54, 1.807) is 30.5 Å². The third-order valence-electron chi connectivity index (χ3n) is 6.54. The Morgan fingerprint density at radius 3 is 2.18 bits per heavy atom. The molecule has 2 rings (SSSR count). The van der Waals surface area contributed by atoms with E-state index in [1.165, 1.54) is 13.3 Å². The third kappa shape index (κ3) is 13.2. The number of nitrogens with two attached hydrogens (primary N) is 2. The van der Waals surface area contributed by atoms with Crippen LogP contribution in [0.3, 0.4) is 0 Å². The monoisotopic (exact) mass is 614 g/mol. The molecule has 15 heteroatoms. The van der Waals surface area contributed by atoms with Crippen LogP contribution in [0.2, 0.25) is 0 Å². The summed E-state index contributed by atoms with van der Waals surface area (Å²) in [4.78, 5) is 87.5. The maximum Gasteiger partial charge on any atom is 0.243 e. The van der Waals surface area contributed by atoms with Crippen LogP contribution in [0.4, 0.5) is 0 Å². The van der Waals surface area contributed by atoms with E-state index in [1.807, 2.05) is 13.0 Å². The van der Waals surface area contributed by atoms with Crippen LogP contribution in [-0.2, 0) is 46.4 Å². The van der Waals surface area contributed by atoms with Crippen molar-refractivity contribution >= 4 is 35.2 Å². The van der Waals surface area contributed by atoms with Crippen LogP contribution < -0.4 is 32.9 Å². The van der Waals surface area contributed by atoms with E-state index in [0.29, 0.717) is 18.7 Å². The van der Waals surface area contributed by atoms with Gasteiger partial charge in [-0.3, -0.25) is 34.1 Å². The van der Waals surface area contributed by atoms with Gasteiger partial charge in [0, 0.05) is 19.0 Å². The van der Waals surface area contributed by atoms with Crippen molar-refractivity contribution in [3.63, 3.8) is 0 Å². The van der Waals surface area contributed by atoms with E-state index < -0.39 is 54.2 Å². The van der Waals surface area contributed by atoms with Crippen molar-refractivity contribution in [1.82, 2.24) is 31.4 Å². The fourth-order valence-electron chi connectivity index (χ4n) is 4.15. The number of nitrogens with one attached hydrogen (secondary N) is 5. The Kier molecular flexibility index (Phi) is 15.4. The van der Waals surface area contributed by atoms with E-state index in [9.17, 15) is 28.8 Å². The highest BCUT2D eigenvalue weighted by atomic mass is 16.6. The van der Waals surface area contributed by atoms with Gasteiger partial charge in [-0.25, -0.2) is 4.98 Å². The molecule has 0 unspecified atom stereocenters. The molecule has 0 spiro atoms. The number of aromatic amines is 1. The number of hydroxylamine groups is 1. The molecule has 0 aliphatic rings. The number of carbonyl (C=O) groups is 6. The molecule has 0 fully saturated rings. The average Bonchev–Trinajstić information content (AvgIpc) is 3.49. The Balaban J connectivity index is 2.14. The topological polar surface area (TPSA) is 240 Å². The van der Waals surface area contributed by atoms with Gasteiger partial charge in [0.05, 0.1) is 49.7 Å². The van der Waals surface area contributed by atoms with E-state index in [0.717, 1.165) is 5.56 Å². The highest BCUT2D eigenvalue weighted by Crippen LogP contribution is 2.07. The van der Waals surface area contributed by atoms with E-state index in [4.69, 9.17) is 16.3 Å². The van der Waals surface area contributed by atoms with E-state index in [2.05, 4.69) is 31.4 Å². The van der Waals surface area contributed by atoms with Gasteiger partial charge >= 0.3 is 0 Å². The minimum Gasteiger partial charge on any atom is -0.370 e. The molecule has 0 aliphatic heterocycles. The van der Waals surface area contributed by atoms with Crippen molar-refractivity contribution in [1.29, 1.82) is 0 Å². The Bertz CT molecular complexity index is 1240. The summed E-state index contributed by atoms with van der Waals surface area (Å²) in [7, 11) is 0. The van der Waals surface area contributed by atoms with Crippen molar-refractivity contribution in [3.8, 4) is 0 Å². The average molecular weight is 615 g/mol. The van der Waals surface area contributed by atoms with Gasteiger partial charge in [0.1, 0.15) is 6.04 Å². The molecule has 1 aromatic carbocycles. The number of imidazole rings is 1. The first kappa shape index (κ1) is 35.7. The molecule has 15 nitrogen and oxygen atoms in total. The van der Waals surface area contributed by atoms with Crippen LogP contribution in [0.25, 0.3) is 0 Å². The summed E-state index contributed by atoms with van der Waals surface area (Å²) < 4.78 is 0. The summed E-state index contributed by atoms with van der Waals surface area (Å²) in [6, 6.07) is 4.74. The molecule has 0 saturated carbocycles. The minimum absolute atomic E-state index is 0.171. The Morgan fingerprint density at radius 1 is 0.909 bits per heavy atom. The summed E-state index contributed by atoms with van der Waals surface area (Å²) >= 11 is 0. The summed E-state index contributed by atoms with van der Waals surface area (Å²) in [6.45, 7) is 3.23. The Morgan fingerprint density at radius 2 is 1.59 bits per heavy atom. The first-order valence-electron chi connectivity index (χ1n) is 14.3. The summed E-state index contributed by atoms with van der Waals surface area (Å²) in [5.74, 6) is -3.78. The van der Waals surface area contributed by atoms with Crippen LogP contribution in [0, 0.1) is 0 Å². The number of primary amides is 2. The van der Waals surface area contributed by atoms with Crippen molar-refractivity contribution in [2.75, 3.05) is 13.2 Å². The number of aromatic nitrogens is 2. The van der Waals surface area contributed by atoms with Crippen molar-refractivity contribution in [3.05, 3.63) is 54.1 Å². The second-order valence-corrected chi connectivity index (χ2v) is 10.3. The second kappa shape index (κ2) is 18.9. The number of amides is 4. The quantitative estimate of drug-likeness (QED) is 0.0612. The minimum atomic E-state index is -1.30. The van der Waals surface area contributed by atoms with Crippen molar-refractivity contribution in [2.24, 2.45) is 11.5 Å². The van der Waals surface area contributed by atoms with E-state index in [-0.39, 0.29) is 43.8 Å². The van der Waals surface area contributed by atoms with Gasteiger partial charge in [0.2, 0.25) is 23.6 Å². The molecule has 240 valence electrons. The Labute approximate surface area is 255 Å². The number of hydrogen-bond donors (Lipinski definition) is 7. The highest BCUT2D eigenvalue weighted by molar-refractivity contribution is 5.95. The number of Topliss-reactive ketones (excluding diaryl/α,β-unsaturated/α-hetero) is 2. The predicted molar refractivity (Wildman–Crippen MR) is 159 cm³/mol. The lowest BCUT2D eigenvalue weighted by atomic mass is 10.0. The number of hydrogen-bond acceptors (Lipinski definition) is 10. The standard InChI is InChI=1S/C29H42N8O7/c1-3-11-44-37-23(13-20-15-32-17-34-20)25(39)16-33-24(14-27(31)41)29(43)35-21(9-10-26(30)40)28(42)36-22(18(2)38)12-19-7-5-4-6-8-19/h4-8,15,17,21-24,33,37H,3,9-14,16H2,1-2H3,(H2,30,40)(H2,31,41)(H,32,34)(H,35,43)(H,36,42)/t21-,22-,23-,24-/m0/s1. The molecule has 2 aromatic rings. The fraction of sp³-hybridized carbons (Fsp3) is 0.483. The Hall–Kier alpha value is -4.47. The predicted octanol–water partition coefficient (Wildman–Crippen LogP) is -1.28. The maximum atomic E-state index is 13.3. The van der Waals surface area contributed by atoms with Crippen LogP contribution in [0.1, 0.15) is 50.8 Å². The van der Waals surface area contributed by atoms with Crippen molar-refractivity contribution in [2.45, 2.75) is 76.5 Å². The zero-order valence-electron chi connectivity index (χ0n) is 25.0. The second-order valence-electron chi connectivity index (χ2n) is 10.3. The number of nitrogens with zero attached hydrogens (tertiary/aromatic N) is 1. The lowest BCUT2D eigenvalue weighted by Crippen LogP contribution is -2.57. The number of H-pyrrole nitrogens is 1. The fourth-order valence-corrected chi connectivity index (χ4v) is 4.15. The van der Waals surface area contributed by atoms with Gasteiger partial charge in [-0.2, -0.15) is 5.48 Å². The SMILES string of the molecule is CCCON[C@@H](Cc1c[nH]cn1)C(=O)CN[C@@H](CC(N)=O)C(=O)N[C@@H](CCC(N)=O)C(=O)N[C@@H](Cc1ccccc1)C(C)=O. The van der Waals surface area contributed by atoms with Gasteiger partial charge in [0.25, 0.3) is 0 Å². The van der Waals surface area contributed by atoms with Crippen LogP contribution in [-0.4, -0.2) is 82.5 Å². The zero-order valence-corrected chi connectivity index (χ0v) is 25.0. The molecule has 4 atom stereocenters. The normalized spacial score (nSPS) is 13.7. The molecule has 4 amide bonds. The molecule has 0 aliphatic carbocycles. The van der Waals surface area contributed by atoms with Gasteiger partial charge in [-0.15, -0.1) is 0 Å². The molecule has 1 aromatic heterocycles. The molecular weight excluding hydrogens is 572 g/mol. The van der Waals surface area contributed by atoms with Gasteiger partial charge in [0.15, 0.2) is 11.6 Å². The number of carbonyl (C=O) groups excluding carboxylic acids is 6. The number of ketones is 2. The molecule has 0 bridgehead atoms. The lowest BCUT2D eigenvalue weighted by molar-refractivity contribution is -0.133. The van der Waals surface area contributed by atoms with Gasteiger partial charge in [-0.05, 0) is 31.7 Å². The van der Waals surface area contributed by atoms with Crippen LogP contribution in [0.15, 0.2) is 42.9 Å². The molecule has 1 heterocycles. The highest BCUT2D eigenvalue weighted by Gasteiger charge is 2.30. The molecular formula is C29H42N8O7. The third-order valence-corrected chi connectivity index (χ3v) is 6.54. The van der Waals surface area contributed by atoms with E-state index >= 15 is 0 Å². The van der Waals surface area contributed by atoms with Crippen molar-refractivity contribution < 1.29 is 33.6 Å². The molecule has 44 heavy (non-hydrogen) atoms. The lowest BCUT2D eigenvalue weighted by Gasteiger charge is -2.25. The smallest absolute Gasteiger partial charge is 0.243 e. The first-order chi connectivity index (χ1) is 21.0. The molecule has 9 N–H and O–H groups in total. The summed E-state index contributed by atoms with van der Waals surface area (Å²) in [5, 5.41) is 7.88. The first-order valence-corrected chi connectivity index (χ1v) is 14.3. The van der Waals surface area contributed by atoms with Gasteiger partial charge < -0.3 is 31.9 Å². The summed E-state index contributed by atoms with van der Waals surface area (Å²) in [6.07, 6.45) is 3.31. The maximum absolute atomic E-state index is 13.3. The number of rotatable bonds is 22.